The Balaban J connectivity index is 3.18. The van der Waals surface area contributed by atoms with E-state index in [4.69, 9.17) is 16.3 Å². The highest BCUT2D eigenvalue weighted by Crippen LogP contribution is 2.05. The summed E-state index contributed by atoms with van der Waals surface area (Å²) in [5.41, 5.74) is 0. The van der Waals surface area contributed by atoms with Crippen molar-refractivity contribution in [2.45, 2.75) is 39.2 Å². The minimum atomic E-state index is 0.332. The first-order valence-corrected chi connectivity index (χ1v) is 4.06. The van der Waals surface area contributed by atoms with Crippen molar-refractivity contribution in [2.24, 2.45) is 0 Å². The first kappa shape index (κ1) is 9.25. The van der Waals surface area contributed by atoms with Crippen LogP contribution < -0.4 is 0 Å². The normalized spacial score (nSPS) is 13.7. The predicted molar refractivity (Wildman–Crippen MR) is 40.8 cm³/mol. The van der Waals surface area contributed by atoms with Gasteiger partial charge in [0.2, 0.25) is 0 Å². The number of ether oxygens (including phenoxy) is 1. The Kier molecular flexibility index (Phi) is 6.55. The zero-order valence-electron chi connectivity index (χ0n) is 6.19. The van der Waals surface area contributed by atoms with Crippen LogP contribution in [0.2, 0.25) is 0 Å². The Bertz CT molecular complexity index is 50.9. The van der Waals surface area contributed by atoms with E-state index in [1.54, 1.807) is 0 Å². The SMILES string of the molecule is CCCC(CC)OCCl. The third kappa shape index (κ3) is 4.73. The summed E-state index contributed by atoms with van der Waals surface area (Å²) in [6.07, 6.45) is 3.76. The lowest BCUT2D eigenvalue weighted by Crippen LogP contribution is -2.09. The monoisotopic (exact) mass is 150 g/mol. The second kappa shape index (κ2) is 6.37. The summed E-state index contributed by atoms with van der Waals surface area (Å²) in [5.74, 6) is 0. The van der Waals surface area contributed by atoms with Gasteiger partial charge in [0.05, 0.1) is 6.10 Å². The minimum Gasteiger partial charge on any atom is -0.363 e. The van der Waals surface area contributed by atoms with Crippen LogP contribution >= 0.6 is 11.6 Å². The summed E-state index contributed by atoms with van der Waals surface area (Å²) >= 11 is 5.39. The number of hydrogen-bond acceptors (Lipinski definition) is 1. The lowest BCUT2D eigenvalue weighted by molar-refractivity contribution is 0.0769. The molecule has 0 heterocycles. The van der Waals surface area contributed by atoms with Crippen molar-refractivity contribution in [1.29, 1.82) is 0 Å². The molecular formula is C7H15ClO. The van der Waals surface area contributed by atoms with Gasteiger partial charge in [0.1, 0.15) is 6.07 Å². The molecule has 56 valence electrons. The van der Waals surface area contributed by atoms with Crippen molar-refractivity contribution in [1.82, 2.24) is 0 Å². The largest absolute Gasteiger partial charge is 0.363 e. The molecule has 0 aromatic rings. The van der Waals surface area contributed by atoms with Crippen LogP contribution in [0.3, 0.4) is 0 Å². The van der Waals surface area contributed by atoms with E-state index < -0.39 is 0 Å². The molecule has 2 heteroatoms. The third-order valence-electron chi connectivity index (χ3n) is 1.36. The molecule has 0 aliphatic heterocycles. The van der Waals surface area contributed by atoms with Crippen molar-refractivity contribution in [3.05, 3.63) is 0 Å². The molecule has 0 amide bonds. The van der Waals surface area contributed by atoms with E-state index in [1.165, 1.54) is 6.42 Å². The van der Waals surface area contributed by atoms with Crippen LogP contribution in [0.1, 0.15) is 33.1 Å². The molecule has 0 saturated heterocycles. The molecule has 0 fully saturated rings. The Labute approximate surface area is 62.3 Å². The van der Waals surface area contributed by atoms with Gasteiger partial charge in [-0.05, 0) is 12.8 Å². The molecule has 9 heavy (non-hydrogen) atoms. The minimum absolute atomic E-state index is 0.332. The van der Waals surface area contributed by atoms with E-state index in [0.717, 1.165) is 12.8 Å². The summed E-state index contributed by atoms with van der Waals surface area (Å²) in [5, 5.41) is 0. The Morgan fingerprint density at radius 2 is 2.11 bits per heavy atom. The molecule has 0 aliphatic carbocycles. The molecule has 0 spiro atoms. The van der Waals surface area contributed by atoms with E-state index in [1.807, 2.05) is 0 Å². The summed E-state index contributed by atoms with van der Waals surface area (Å²) in [6, 6.07) is 0.332. The lowest BCUT2D eigenvalue weighted by atomic mass is 10.2. The number of hydrogen-bond donors (Lipinski definition) is 0. The topological polar surface area (TPSA) is 9.23 Å². The molecule has 0 aliphatic rings. The lowest BCUT2D eigenvalue weighted by Gasteiger charge is -2.11. The van der Waals surface area contributed by atoms with E-state index >= 15 is 0 Å². The van der Waals surface area contributed by atoms with Crippen LogP contribution in [0, 0.1) is 0 Å². The molecule has 0 bridgehead atoms. The predicted octanol–water partition coefficient (Wildman–Crippen LogP) is 2.78. The van der Waals surface area contributed by atoms with E-state index in [9.17, 15) is 0 Å². The summed E-state index contributed by atoms with van der Waals surface area (Å²) < 4.78 is 5.20. The van der Waals surface area contributed by atoms with Crippen LogP contribution in [-0.2, 0) is 4.74 Å². The first-order chi connectivity index (χ1) is 4.35. The average molecular weight is 151 g/mol. The highest BCUT2D eigenvalue weighted by atomic mass is 35.5. The summed E-state index contributed by atoms with van der Waals surface area (Å²) in [7, 11) is 0. The van der Waals surface area contributed by atoms with Gasteiger partial charge in [0.25, 0.3) is 0 Å². The molecule has 1 nitrogen and oxygen atoms in total. The van der Waals surface area contributed by atoms with Crippen LogP contribution in [0.25, 0.3) is 0 Å². The molecule has 0 radical (unpaired) electrons. The number of alkyl halides is 1. The Hall–Kier alpha value is 0.250. The molecule has 0 aromatic heterocycles. The second-order valence-electron chi connectivity index (χ2n) is 2.09. The van der Waals surface area contributed by atoms with E-state index in [2.05, 4.69) is 13.8 Å². The maximum atomic E-state index is 5.39. The maximum absolute atomic E-state index is 5.39. The fourth-order valence-electron chi connectivity index (χ4n) is 0.816. The highest BCUT2D eigenvalue weighted by Gasteiger charge is 2.02. The molecule has 0 saturated carbocycles. The molecule has 0 N–H and O–H groups in total. The average Bonchev–Trinajstić information content (AvgIpc) is 1.88. The van der Waals surface area contributed by atoms with Gasteiger partial charge >= 0.3 is 0 Å². The quantitative estimate of drug-likeness (QED) is 0.548. The number of rotatable bonds is 5. The summed E-state index contributed by atoms with van der Waals surface area (Å²) in [4.78, 5) is 0. The van der Waals surface area contributed by atoms with E-state index in [-0.39, 0.29) is 0 Å². The molecule has 1 unspecified atom stereocenters. The van der Waals surface area contributed by atoms with Crippen LogP contribution in [-0.4, -0.2) is 12.2 Å². The van der Waals surface area contributed by atoms with Gasteiger partial charge in [-0.2, -0.15) is 0 Å². The number of halogens is 1. The summed E-state index contributed by atoms with van der Waals surface area (Å²) in [6.45, 7) is 4.27. The zero-order chi connectivity index (χ0) is 7.11. The van der Waals surface area contributed by atoms with Crippen LogP contribution in [0.15, 0.2) is 0 Å². The maximum Gasteiger partial charge on any atom is 0.121 e. The van der Waals surface area contributed by atoms with Crippen molar-refractivity contribution >= 4 is 11.6 Å². The van der Waals surface area contributed by atoms with Gasteiger partial charge in [-0.25, -0.2) is 0 Å². The van der Waals surface area contributed by atoms with Crippen molar-refractivity contribution < 1.29 is 4.74 Å². The van der Waals surface area contributed by atoms with Crippen LogP contribution in [0.4, 0.5) is 0 Å². The van der Waals surface area contributed by atoms with Crippen LogP contribution in [0.5, 0.6) is 0 Å². The standard InChI is InChI=1S/C7H15ClO/c1-3-5-7(4-2)9-6-8/h7H,3-6H2,1-2H3. The van der Waals surface area contributed by atoms with Crippen molar-refractivity contribution in [3.63, 3.8) is 0 Å². The van der Waals surface area contributed by atoms with Gasteiger partial charge in [-0.3, -0.25) is 0 Å². The molecule has 0 aromatic carbocycles. The van der Waals surface area contributed by atoms with Gasteiger partial charge in [-0.15, -0.1) is 0 Å². The molecule has 0 rings (SSSR count). The second-order valence-corrected chi connectivity index (χ2v) is 2.31. The van der Waals surface area contributed by atoms with Gasteiger partial charge in [-0.1, -0.05) is 31.9 Å². The van der Waals surface area contributed by atoms with E-state index in [0.29, 0.717) is 12.2 Å². The molecular weight excluding hydrogens is 136 g/mol. The smallest absolute Gasteiger partial charge is 0.121 e. The Morgan fingerprint density at radius 1 is 1.44 bits per heavy atom. The first-order valence-electron chi connectivity index (χ1n) is 3.52. The van der Waals surface area contributed by atoms with Crippen molar-refractivity contribution in [2.75, 3.05) is 6.07 Å². The fourth-order valence-corrected chi connectivity index (χ4v) is 0.995. The molecule has 1 atom stereocenters. The highest BCUT2D eigenvalue weighted by molar-refractivity contribution is 6.17. The van der Waals surface area contributed by atoms with Gasteiger partial charge < -0.3 is 4.74 Å². The zero-order valence-corrected chi connectivity index (χ0v) is 6.95. The van der Waals surface area contributed by atoms with Crippen molar-refractivity contribution in [3.8, 4) is 0 Å². The fraction of sp³-hybridized carbons (Fsp3) is 1.00. The Morgan fingerprint density at radius 3 is 2.44 bits per heavy atom. The van der Waals surface area contributed by atoms with Gasteiger partial charge in [0, 0.05) is 0 Å². The van der Waals surface area contributed by atoms with Gasteiger partial charge in [0.15, 0.2) is 0 Å². The third-order valence-corrected chi connectivity index (χ3v) is 1.49.